The molecule has 27 nitrogen and oxygen atoms in total. The number of azo groups is 2. The molecule has 0 radical (unpaired) electrons. The number of nitrogens with one attached hydrogen (secondary N) is 2. The Labute approximate surface area is 488 Å². The fourth-order valence-electron chi connectivity index (χ4n) is 9.03. The Morgan fingerprint density at radius 3 is 2.07 bits per heavy atom. The molecule has 83 heavy (non-hydrogen) atoms. The van der Waals surface area contributed by atoms with Crippen molar-refractivity contribution in [3.8, 4) is 12.1 Å². The minimum absolute atomic E-state index is 0.0362. The highest BCUT2D eigenvalue weighted by molar-refractivity contribution is 7.99. The number of rotatable bonds is 16. The number of carbonyl (C=O) groups excluding carboxylic acids is 2. The van der Waals surface area contributed by atoms with E-state index >= 15 is 0 Å². The summed E-state index contributed by atoms with van der Waals surface area (Å²) < 4.78 is 50.8. The number of thioether (sulfide) groups is 1. The first-order valence-electron chi connectivity index (χ1n) is 26.0. The normalized spacial score (nSPS) is 16.3. The maximum Gasteiger partial charge on any atom is 0.294 e. The second-order valence-electron chi connectivity index (χ2n) is 18.3. The topological polar surface area (TPSA) is 344 Å². The van der Waals surface area contributed by atoms with Gasteiger partial charge in [-0.15, -0.1) is 20.5 Å². The van der Waals surface area contributed by atoms with Crippen molar-refractivity contribution < 1.29 is 36.8 Å². The zero-order valence-electron chi connectivity index (χ0n) is 44.9. The lowest BCUT2D eigenvalue weighted by molar-refractivity contribution is 0.0711. The molecule has 2 saturated heterocycles. The fraction of sp³-hybridized carbons (Fsp3) is 0.327. The molecule has 2 fully saturated rings. The van der Waals surface area contributed by atoms with Crippen molar-refractivity contribution in [2.45, 2.75) is 30.8 Å². The van der Waals surface area contributed by atoms with Crippen LogP contribution < -0.4 is 36.0 Å². The minimum atomic E-state index is -4.71. The summed E-state index contributed by atoms with van der Waals surface area (Å²) in [4.78, 5) is 60.8. The Morgan fingerprint density at radius 2 is 1.43 bits per heavy atom. The molecule has 0 unspecified atom stereocenters. The van der Waals surface area contributed by atoms with E-state index in [4.69, 9.17) is 50.0 Å². The second-order valence-corrected chi connectivity index (χ2v) is 22.8. The van der Waals surface area contributed by atoms with Gasteiger partial charge in [0.1, 0.15) is 53.3 Å². The van der Waals surface area contributed by atoms with Gasteiger partial charge in [-0.3, -0.25) is 14.1 Å². The van der Waals surface area contributed by atoms with Crippen LogP contribution >= 0.6 is 34.4 Å². The Hall–Kier alpha value is -8.53. The number of benzene rings is 3. The number of hydrogen-bond donors (Lipinski definition) is 4. The molecule has 31 heteroatoms. The largest absolute Gasteiger partial charge is 0.390 e. The minimum Gasteiger partial charge on any atom is -0.390 e. The van der Waals surface area contributed by atoms with Crippen LogP contribution in [0.15, 0.2) is 96.5 Å². The molecule has 0 spiro atoms. The molecular weight excluding hydrogens is 1150 g/mol. The molecule has 0 aliphatic carbocycles. The van der Waals surface area contributed by atoms with E-state index in [-0.39, 0.29) is 39.5 Å². The number of aromatic nitrogens is 5. The van der Waals surface area contributed by atoms with Gasteiger partial charge in [0.15, 0.2) is 5.16 Å². The maximum absolute atomic E-state index is 13.7. The third kappa shape index (κ3) is 13.2. The molecule has 3 aromatic carbocycles. The average Bonchev–Trinajstić information content (AvgIpc) is 3.64. The van der Waals surface area contributed by atoms with Gasteiger partial charge in [0.2, 0.25) is 22.2 Å². The molecule has 0 saturated carbocycles. The number of carbonyl (C=O) groups is 2. The number of nitriles is 2. The van der Waals surface area contributed by atoms with Crippen molar-refractivity contribution in [2.75, 3.05) is 122 Å². The summed E-state index contributed by atoms with van der Waals surface area (Å²) in [5.74, 6) is 0.122. The molecule has 4 bridgehead atoms. The highest BCUT2D eigenvalue weighted by Gasteiger charge is 2.39. The van der Waals surface area contributed by atoms with Crippen molar-refractivity contribution in [3.05, 3.63) is 86.9 Å². The number of amides is 2. The van der Waals surface area contributed by atoms with Gasteiger partial charge < -0.3 is 50.2 Å². The summed E-state index contributed by atoms with van der Waals surface area (Å²) in [5.41, 5.74) is 8.74. The first-order chi connectivity index (χ1) is 40.2. The summed E-state index contributed by atoms with van der Waals surface area (Å²) in [6, 6.07) is 18.3. The Bertz CT molecular complexity index is 3780. The quantitative estimate of drug-likeness (QED) is 0.0304. The first kappa shape index (κ1) is 57.7. The van der Waals surface area contributed by atoms with Crippen LogP contribution in [-0.4, -0.2) is 146 Å². The maximum atomic E-state index is 13.7. The summed E-state index contributed by atoms with van der Waals surface area (Å²) in [5, 5.41) is 46.2. The zero-order valence-corrected chi connectivity index (χ0v) is 48.2. The molecule has 428 valence electrons. The molecular formula is C52H53N19O8S4. The van der Waals surface area contributed by atoms with E-state index in [0.29, 0.717) is 138 Å². The SMILES string of the molecule is CCN(CC)c1ccc(/N=N/c2nc(N3CCOCC3)c(/C=C(/N)C#N)s2)c(Nc2nc3nc(n2)SCCOCN(CC)c2ccc(/N=N/c4nc(N5CCOCC5)c(/C=C(\C#N)N5C(=O)c6ccc(S(=O)(=O)O)cc6C5=O)s4)c(c2)N3)c1. The molecule has 10 rings (SSSR count). The highest BCUT2D eigenvalue weighted by Crippen LogP contribution is 2.41. The lowest BCUT2D eigenvalue weighted by Crippen LogP contribution is -2.36. The first-order valence-corrected chi connectivity index (χ1v) is 30.1. The number of allylic oxidation sites excluding steroid dienone is 2. The third-order valence-electron chi connectivity index (χ3n) is 13.2. The third-order valence-corrected chi connectivity index (χ3v) is 16.6. The van der Waals surface area contributed by atoms with Crippen molar-refractivity contribution >= 4 is 136 Å². The van der Waals surface area contributed by atoms with E-state index in [9.17, 15) is 33.1 Å². The van der Waals surface area contributed by atoms with E-state index in [1.165, 1.54) is 29.2 Å². The van der Waals surface area contributed by atoms with Crippen LogP contribution in [0.3, 0.4) is 0 Å². The van der Waals surface area contributed by atoms with Crippen molar-refractivity contribution in [3.63, 3.8) is 0 Å². The standard InChI is InChI=1S/C52H53N19O8S4/c1-4-67(5-2)32-7-11-38(63-65-51-58-44(69-13-17-77-18-14-69)42(81-51)23-31(55)28-53)40(24-32)56-48-60-49-57-41-25-33(68(6-3)30-79-21-22-80-50(61-48)62-49)8-12-39(41)64-66-52-59-45(70-15-19-78-20-16-70)43(82-52)26-34(29-54)71-46(72)36-10-9-35(83(74,75)76)27-37(36)47(71)73/h7-12,23-27H,4-6,13-22,30,55H2,1-3H3,(H,74,75,76)(H2,56,57,60,61,62)/b31-23+,34-26+,65-63+,66-64+. The van der Waals surface area contributed by atoms with Gasteiger partial charge in [-0.25, -0.2) is 4.90 Å². The van der Waals surface area contributed by atoms with Gasteiger partial charge in [0.05, 0.1) is 70.2 Å². The van der Waals surface area contributed by atoms with Crippen molar-refractivity contribution in [1.82, 2.24) is 29.8 Å². The van der Waals surface area contributed by atoms with E-state index < -0.39 is 26.8 Å². The number of thiazole rings is 2. The van der Waals surface area contributed by atoms with Crippen LogP contribution in [0.4, 0.5) is 67.9 Å². The number of nitrogens with two attached hydrogens (primary N) is 1. The summed E-state index contributed by atoms with van der Waals surface area (Å²) in [7, 11) is -4.71. The van der Waals surface area contributed by atoms with Crippen LogP contribution in [0.5, 0.6) is 0 Å². The van der Waals surface area contributed by atoms with Crippen molar-refractivity contribution in [2.24, 2.45) is 26.2 Å². The number of anilines is 8. The van der Waals surface area contributed by atoms with Crippen molar-refractivity contribution in [1.29, 1.82) is 10.5 Å². The number of fused-ring (bicyclic) bond motifs is 5. The van der Waals surface area contributed by atoms with Crippen LogP contribution in [0.1, 0.15) is 51.2 Å². The number of nitrogens with zero attached hydrogens (tertiary/aromatic N) is 16. The zero-order chi connectivity index (χ0) is 58.2. The van der Waals surface area contributed by atoms with E-state index in [0.717, 1.165) is 54.0 Å². The van der Waals surface area contributed by atoms with Crippen LogP contribution in [0, 0.1) is 22.7 Å². The van der Waals surface area contributed by atoms with Crippen LogP contribution in [-0.2, 0) is 24.3 Å². The molecule has 7 heterocycles. The lowest BCUT2D eigenvalue weighted by Gasteiger charge is -2.27. The fourth-order valence-corrected chi connectivity index (χ4v) is 11.9. The smallest absolute Gasteiger partial charge is 0.294 e. The van der Waals surface area contributed by atoms with E-state index in [1.54, 1.807) is 12.1 Å². The molecule has 2 amide bonds. The van der Waals surface area contributed by atoms with Gasteiger partial charge in [-0.05, 0) is 87.5 Å². The molecule has 0 atom stereocenters. The van der Waals surface area contributed by atoms with Gasteiger partial charge in [-0.2, -0.15) is 43.9 Å². The predicted molar refractivity (Wildman–Crippen MR) is 314 cm³/mol. The van der Waals surface area contributed by atoms with Gasteiger partial charge in [-0.1, -0.05) is 34.4 Å². The van der Waals surface area contributed by atoms with E-state index in [1.807, 2.05) is 59.2 Å². The number of imide groups is 1. The monoisotopic (exact) mass is 1200 g/mol. The summed E-state index contributed by atoms with van der Waals surface area (Å²) in [6.07, 6.45) is 2.94. The number of morpholine rings is 2. The van der Waals surface area contributed by atoms with Crippen LogP contribution in [0.2, 0.25) is 0 Å². The Kier molecular flexibility index (Phi) is 17.9. The molecule has 6 aromatic rings. The van der Waals surface area contributed by atoms with Gasteiger partial charge in [0, 0.05) is 62.9 Å². The molecule has 4 aliphatic rings. The molecule has 5 N–H and O–H groups in total. The van der Waals surface area contributed by atoms with Gasteiger partial charge >= 0.3 is 0 Å². The van der Waals surface area contributed by atoms with Gasteiger partial charge in [0.25, 0.3) is 21.9 Å². The number of hydrogen-bond acceptors (Lipinski definition) is 28. The molecule has 4 aliphatic heterocycles. The molecule has 3 aromatic heterocycles. The lowest BCUT2D eigenvalue weighted by atomic mass is 10.1. The van der Waals surface area contributed by atoms with E-state index in [2.05, 4.69) is 49.6 Å². The summed E-state index contributed by atoms with van der Waals surface area (Å²) >= 11 is 3.69. The Balaban J connectivity index is 0.988. The van der Waals surface area contributed by atoms with Crippen LogP contribution in [0.25, 0.3) is 12.2 Å². The summed E-state index contributed by atoms with van der Waals surface area (Å²) in [6.45, 7) is 12.8. The average molecular weight is 1200 g/mol. The second kappa shape index (κ2) is 25.7. The Morgan fingerprint density at radius 1 is 0.783 bits per heavy atom. The highest BCUT2D eigenvalue weighted by atomic mass is 32.2. The number of ether oxygens (including phenoxy) is 3. The predicted octanol–water partition coefficient (Wildman–Crippen LogP) is 8.76.